The van der Waals surface area contributed by atoms with E-state index in [1.165, 1.54) is 6.07 Å². The molecule has 0 bridgehead atoms. The number of rotatable bonds is 5. The Bertz CT molecular complexity index is 1400. The van der Waals surface area contributed by atoms with E-state index in [4.69, 9.17) is 9.15 Å². The van der Waals surface area contributed by atoms with Crippen LogP contribution >= 0.6 is 0 Å². The van der Waals surface area contributed by atoms with Gasteiger partial charge < -0.3 is 9.15 Å². The highest BCUT2D eigenvalue weighted by atomic mass is 16.5. The zero-order valence-electron chi connectivity index (χ0n) is 18.1. The number of aryl methyl sites for hydroxylation is 2. The fraction of sp³-hybridized carbons (Fsp3) is 0.148. The van der Waals surface area contributed by atoms with E-state index in [9.17, 15) is 14.4 Å². The summed E-state index contributed by atoms with van der Waals surface area (Å²) in [6, 6.07) is 19.4. The average molecular weight is 426 g/mol. The molecule has 0 aliphatic carbocycles. The van der Waals surface area contributed by atoms with Crippen molar-refractivity contribution in [3.05, 3.63) is 105 Å². The van der Waals surface area contributed by atoms with Gasteiger partial charge in [0.25, 0.3) is 0 Å². The molecule has 3 aromatic carbocycles. The number of fused-ring (bicyclic) bond motifs is 1. The largest absolute Gasteiger partial charge is 0.455 e. The van der Waals surface area contributed by atoms with Crippen LogP contribution in [0.4, 0.5) is 0 Å². The van der Waals surface area contributed by atoms with Gasteiger partial charge in [0.2, 0.25) is 5.78 Å². The minimum atomic E-state index is -0.722. The molecule has 5 nitrogen and oxygen atoms in total. The second-order valence-electron chi connectivity index (χ2n) is 7.75. The second kappa shape index (κ2) is 8.63. The van der Waals surface area contributed by atoms with Gasteiger partial charge in [-0.3, -0.25) is 9.59 Å². The summed E-state index contributed by atoms with van der Waals surface area (Å²) in [5, 5.41) is 0.289. The molecule has 0 saturated carbocycles. The SMILES string of the molecule is Cc1ccc(C(=O)COC(=O)c2cccc3c(=O)c(C)c(-c4ccccc4)oc23)c(C)c1. The predicted molar refractivity (Wildman–Crippen MR) is 123 cm³/mol. The number of ether oxygens (including phenoxy) is 1. The van der Waals surface area contributed by atoms with Gasteiger partial charge in [0.05, 0.1) is 5.39 Å². The first-order valence-electron chi connectivity index (χ1n) is 10.3. The maximum Gasteiger partial charge on any atom is 0.342 e. The molecule has 0 radical (unpaired) electrons. The van der Waals surface area contributed by atoms with Crippen molar-refractivity contribution in [2.24, 2.45) is 0 Å². The summed E-state index contributed by atoms with van der Waals surface area (Å²) in [6.45, 7) is 5.08. The predicted octanol–water partition coefficient (Wildman–Crippen LogP) is 5.42. The molecule has 0 N–H and O–H groups in total. The van der Waals surface area contributed by atoms with Crippen LogP contribution in [0.3, 0.4) is 0 Å². The highest BCUT2D eigenvalue weighted by Crippen LogP contribution is 2.27. The number of carbonyl (C=O) groups excluding carboxylic acids is 2. The molecular formula is C27H22O5. The third-order valence-corrected chi connectivity index (χ3v) is 5.42. The summed E-state index contributed by atoms with van der Waals surface area (Å²) >= 11 is 0. The fourth-order valence-corrected chi connectivity index (χ4v) is 3.75. The number of para-hydroxylation sites is 1. The summed E-state index contributed by atoms with van der Waals surface area (Å²) in [5.41, 5.74) is 3.60. The number of carbonyl (C=O) groups is 2. The van der Waals surface area contributed by atoms with Gasteiger partial charge in [-0.25, -0.2) is 4.79 Å². The fourth-order valence-electron chi connectivity index (χ4n) is 3.75. The molecule has 4 rings (SSSR count). The number of Topliss-reactive ketones (excluding diaryl/α,β-unsaturated/α-hetero) is 1. The summed E-state index contributed by atoms with van der Waals surface area (Å²) in [7, 11) is 0. The van der Waals surface area contributed by atoms with Crippen LogP contribution in [0.5, 0.6) is 0 Å². The molecule has 1 aromatic heterocycles. The number of hydrogen-bond donors (Lipinski definition) is 0. The zero-order valence-corrected chi connectivity index (χ0v) is 18.1. The highest BCUT2D eigenvalue weighted by Gasteiger charge is 2.20. The monoisotopic (exact) mass is 426 g/mol. The molecule has 0 fully saturated rings. The molecule has 0 atom stereocenters. The van der Waals surface area contributed by atoms with E-state index in [-0.39, 0.29) is 27.7 Å². The lowest BCUT2D eigenvalue weighted by molar-refractivity contribution is 0.0475. The van der Waals surface area contributed by atoms with Gasteiger partial charge in [-0.05, 0) is 38.5 Å². The van der Waals surface area contributed by atoms with Gasteiger partial charge in [-0.1, -0.05) is 60.2 Å². The van der Waals surface area contributed by atoms with Crippen molar-refractivity contribution >= 4 is 22.7 Å². The lowest BCUT2D eigenvalue weighted by atomic mass is 10.0. The van der Waals surface area contributed by atoms with Crippen molar-refractivity contribution in [1.29, 1.82) is 0 Å². The Hall–Kier alpha value is -3.99. The van der Waals surface area contributed by atoms with Crippen molar-refractivity contribution in [1.82, 2.24) is 0 Å². The van der Waals surface area contributed by atoms with Crippen LogP contribution in [0.2, 0.25) is 0 Å². The maximum absolute atomic E-state index is 12.9. The second-order valence-corrected chi connectivity index (χ2v) is 7.75. The molecule has 0 spiro atoms. The number of hydrogen-bond acceptors (Lipinski definition) is 5. The Morgan fingerprint density at radius 2 is 1.62 bits per heavy atom. The van der Waals surface area contributed by atoms with Gasteiger partial charge in [-0.15, -0.1) is 0 Å². The molecular weight excluding hydrogens is 404 g/mol. The van der Waals surface area contributed by atoms with E-state index in [0.717, 1.165) is 16.7 Å². The maximum atomic E-state index is 12.9. The minimum Gasteiger partial charge on any atom is -0.455 e. The summed E-state index contributed by atoms with van der Waals surface area (Å²) in [6.07, 6.45) is 0. The van der Waals surface area contributed by atoms with Gasteiger partial charge in [0.1, 0.15) is 11.3 Å². The summed E-state index contributed by atoms with van der Waals surface area (Å²) in [4.78, 5) is 38.4. The van der Waals surface area contributed by atoms with Gasteiger partial charge in [-0.2, -0.15) is 0 Å². The normalized spacial score (nSPS) is 10.8. The third-order valence-electron chi connectivity index (χ3n) is 5.42. The average Bonchev–Trinajstić information content (AvgIpc) is 2.79. The first-order chi connectivity index (χ1) is 15.4. The van der Waals surface area contributed by atoms with E-state index in [1.807, 2.05) is 56.3 Å². The molecule has 0 aliphatic rings. The molecule has 4 aromatic rings. The molecule has 0 aliphatic heterocycles. The Morgan fingerprint density at radius 1 is 0.875 bits per heavy atom. The highest BCUT2D eigenvalue weighted by molar-refractivity contribution is 6.04. The van der Waals surface area contributed by atoms with E-state index in [2.05, 4.69) is 0 Å². The van der Waals surface area contributed by atoms with Crippen LogP contribution in [0.15, 0.2) is 75.9 Å². The summed E-state index contributed by atoms with van der Waals surface area (Å²) < 4.78 is 11.4. The quantitative estimate of drug-likeness (QED) is 0.314. The zero-order chi connectivity index (χ0) is 22.8. The number of esters is 1. The first-order valence-corrected chi connectivity index (χ1v) is 10.3. The smallest absolute Gasteiger partial charge is 0.342 e. The molecule has 5 heteroatoms. The van der Waals surface area contributed by atoms with Gasteiger partial charge >= 0.3 is 5.97 Å². The Labute approximate surface area is 185 Å². The van der Waals surface area contributed by atoms with E-state index in [0.29, 0.717) is 16.9 Å². The Kier molecular flexibility index (Phi) is 5.73. The van der Waals surface area contributed by atoms with Crippen LogP contribution in [0, 0.1) is 20.8 Å². The van der Waals surface area contributed by atoms with E-state index < -0.39 is 12.6 Å². The molecule has 0 saturated heterocycles. The lowest BCUT2D eigenvalue weighted by Gasteiger charge is -2.11. The van der Waals surface area contributed by atoms with Crippen LogP contribution < -0.4 is 5.43 Å². The van der Waals surface area contributed by atoms with E-state index >= 15 is 0 Å². The molecule has 1 heterocycles. The molecule has 32 heavy (non-hydrogen) atoms. The van der Waals surface area contributed by atoms with Crippen LogP contribution in [-0.4, -0.2) is 18.4 Å². The van der Waals surface area contributed by atoms with Gasteiger partial charge in [0, 0.05) is 16.7 Å². The first kappa shape index (κ1) is 21.2. The number of benzene rings is 3. The molecule has 0 amide bonds. The van der Waals surface area contributed by atoms with Crippen LogP contribution in [0.1, 0.15) is 37.4 Å². The van der Waals surface area contributed by atoms with Crippen LogP contribution in [0.25, 0.3) is 22.3 Å². The molecule has 160 valence electrons. The topological polar surface area (TPSA) is 73.6 Å². The Morgan fingerprint density at radius 3 is 2.34 bits per heavy atom. The number of ketones is 1. The van der Waals surface area contributed by atoms with Gasteiger partial charge in [0.15, 0.2) is 17.6 Å². The molecule has 0 unspecified atom stereocenters. The third kappa shape index (κ3) is 3.97. The van der Waals surface area contributed by atoms with E-state index in [1.54, 1.807) is 25.1 Å². The lowest BCUT2D eigenvalue weighted by Crippen LogP contribution is -2.16. The van der Waals surface area contributed by atoms with Crippen molar-refractivity contribution in [3.8, 4) is 11.3 Å². The van der Waals surface area contributed by atoms with Crippen molar-refractivity contribution in [2.75, 3.05) is 6.61 Å². The minimum absolute atomic E-state index is 0.102. The van der Waals surface area contributed by atoms with Crippen LogP contribution in [-0.2, 0) is 4.74 Å². The van der Waals surface area contributed by atoms with Crippen molar-refractivity contribution in [2.45, 2.75) is 20.8 Å². The standard InChI is InChI=1S/C27H22O5/c1-16-12-13-20(17(2)14-16)23(28)15-31-27(30)22-11-7-10-21-24(29)18(3)25(32-26(21)22)19-8-5-4-6-9-19/h4-14H,15H2,1-3H3. The summed E-state index contributed by atoms with van der Waals surface area (Å²) in [5.74, 6) is -0.618. The van der Waals surface area contributed by atoms with Crippen molar-refractivity contribution in [3.63, 3.8) is 0 Å². The Balaban J connectivity index is 1.68. The van der Waals surface area contributed by atoms with Crippen molar-refractivity contribution < 1.29 is 18.7 Å².